The van der Waals surface area contributed by atoms with Gasteiger partial charge in [-0.3, -0.25) is 9.59 Å². The molecule has 1 aliphatic heterocycles. The molecule has 0 spiro atoms. The molecule has 1 fully saturated rings. The molecule has 4 rings (SSSR count). The summed E-state index contributed by atoms with van der Waals surface area (Å²) in [4.78, 5) is 35.4. The number of carbonyl (C=O) groups excluding carboxylic acids is 2. The van der Waals surface area contributed by atoms with Crippen molar-refractivity contribution in [3.05, 3.63) is 46.8 Å². The van der Waals surface area contributed by atoms with Gasteiger partial charge in [-0.1, -0.05) is 12.1 Å². The molecule has 10 heteroatoms. The summed E-state index contributed by atoms with van der Waals surface area (Å²) in [5.41, 5.74) is 9.57. The normalized spacial score (nSPS) is 14.1. The standard InChI is InChI=1S/C21H25N7O2S/c1-13-17(14(2)28-21(23-13)25-20(22)26-28)12-18(29)24-16-5-3-15(4-6-16)11-19(30)27-7-9-31-10-8-27/h3-6H,7-12H2,1-2H3,(H2,22,26)(H,24,29). The minimum Gasteiger partial charge on any atom is -0.366 e. The third kappa shape index (κ3) is 4.79. The van der Waals surface area contributed by atoms with E-state index < -0.39 is 0 Å². The quantitative estimate of drug-likeness (QED) is 0.620. The van der Waals surface area contributed by atoms with Crippen molar-refractivity contribution in [3.63, 3.8) is 0 Å². The highest BCUT2D eigenvalue weighted by atomic mass is 32.2. The van der Waals surface area contributed by atoms with E-state index in [0.29, 0.717) is 17.9 Å². The van der Waals surface area contributed by atoms with Crippen molar-refractivity contribution in [2.75, 3.05) is 35.6 Å². The number of nitrogen functional groups attached to an aromatic ring is 1. The third-order valence-electron chi connectivity index (χ3n) is 5.36. The van der Waals surface area contributed by atoms with Crippen LogP contribution < -0.4 is 11.1 Å². The highest BCUT2D eigenvalue weighted by Crippen LogP contribution is 2.17. The summed E-state index contributed by atoms with van der Waals surface area (Å²) in [5.74, 6) is 2.57. The van der Waals surface area contributed by atoms with Crippen LogP contribution in [0.1, 0.15) is 22.5 Å². The van der Waals surface area contributed by atoms with E-state index in [4.69, 9.17) is 5.73 Å². The molecule has 3 N–H and O–H groups in total. The second-order valence-corrected chi connectivity index (χ2v) is 8.76. The van der Waals surface area contributed by atoms with Gasteiger partial charge in [0.05, 0.1) is 12.8 Å². The lowest BCUT2D eigenvalue weighted by Gasteiger charge is -2.26. The molecule has 162 valence electrons. The summed E-state index contributed by atoms with van der Waals surface area (Å²) in [6.07, 6.45) is 0.539. The molecule has 3 aromatic rings. The Kier molecular flexibility index (Phi) is 6.08. The molecular formula is C21H25N7O2S. The number of fused-ring (bicyclic) bond motifs is 1. The number of nitrogens with two attached hydrogens (primary N) is 1. The first-order chi connectivity index (χ1) is 14.9. The largest absolute Gasteiger partial charge is 0.366 e. The van der Waals surface area contributed by atoms with E-state index in [1.807, 2.05) is 54.8 Å². The number of aromatic nitrogens is 4. The van der Waals surface area contributed by atoms with Gasteiger partial charge in [0.2, 0.25) is 17.8 Å². The second-order valence-electron chi connectivity index (χ2n) is 7.53. The topological polar surface area (TPSA) is 119 Å². The Hall–Kier alpha value is -3.14. The van der Waals surface area contributed by atoms with Crippen LogP contribution in [0.4, 0.5) is 11.6 Å². The number of hydrogen-bond donors (Lipinski definition) is 2. The Balaban J connectivity index is 1.39. The molecule has 9 nitrogen and oxygen atoms in total. The predicted molar refractivity (Wildman–Crippen MR) is 121 cm³/mol. The first-order valence-corrected chi connectivity index (χ1v) is 11.3. The highest BCUT2D eigenvalue weighted by Gasteiger charge is 2.18. The molecule has 3 heterocycles. The molecule has 0 atom stereocenters. The van der Waals surface area contributed by atoms with Gasteiger partial charge in [-0.05, 0) is 31.5 Å². The Bertz CT molecular complexity index is 1120. The minimum atomic E-state index is -0.157. The number of anilines is 2. The molecule has 1 aromatic carbocycles. The fourth-order valence-electron chi connectivity index (χ4n) is 3.65. The van der Waals surface area contributed by atoms with Gasteiger partial charge in [0, 0.05) is 47.2 Å². The van der Waals surface area contributed by atoms with Gasteiger partial charge in [-0.2, -0.15) is 21.3 Å². The van der Waals surface area contributed by atoms with E-state index in [0.717, 1.165) is 47.1 Å². The van der Waals surface area contributed by atoms with E-state index >= 15 is 0 Å². The SMILES string of the molecule is Cc1nc2nc(N)nn2c(C)c1CC(=O)Nc1ccc(CC(=O)N2CCSCC2)cc1. The number of aryl methyl sites for hydroxylation is 2. The van der Waals surface area contributed by atoms with E-state index in [1.54, 1.807) is 4.52 Å². The molecule has 1 aliphatic rings. The maximum atomic E-state index is 12.6. The number of amides is 2. The van der Waals surface area contributed by atoms with Gasteiger partial charge in [-0.25, -0.2) is 4.98 Å². The van der Waals surface area contributed by atoms with Gasteiger partial charge in [-0.15, -0.1) is 5.10 Å². The summed E-state index contributed by atoms with van der Waals surface area (Å²) < 4.78 is 1.55. The number of nitrogens with zero attached hydrogens (tertiary/aromatic N) is 5. The van der Waals surface area contributed by atoms with Gasteiger partial charge in [0.1, 0.15) is 0 Å². The van der Waals surface area contributed by atoms with Gasteiger partial charge in [0.15, 0.2) is 0 Å². The van der Waals surface area contributed by atoms with Crippen LogP contribution in [0.25, 0.3) is 5.78 Å². The van der Waals surface area contributed by atoms with E-state index in [-0.39, 0.29) is 24.2 Å². The maximum Gasteiger partial charge on any atom is 0.254 e. The fraction of sp³-hybridized carbons (Fsp3) is 0.381. The Labute approximate surface area is 184 Å². The highest BCUT2D eigenvalue weighted by molar-refractivity contribution is 7.99. The molecule has 2 amide bonds. The molecule has 1 saturated heterocycles. The molecule has 0 bridgehead atoms. The Morgan fingerprint density at radius 1 is 1.10 bits per heavy atom. The molecule has 2 aromatic heterocycles. The average Bonchev–Trinajstić information content (AvgIpc) is 3.13. The van der Waals surface area contributed by atoms with Crippen molar-refractivity contribution < 1.29 is 9.59 Å². The van der Waals surface area contributed by atoms with Crippen LogP contribution in [0.5, 0.6) is 0 Å². The molecule has 0 radical (unpaired) electrons. The first kappa shape index (κ1) is 21.1. The van der Waals surface area contributed by atoms with Crippen LogP contribution in [-0.2, 0) is 22.4 Å². The monoisotopic (exact) mass is 439 g/mol. The molecule has 0 aliphatic carbocycles. The summed E-state index contributed by atoms with van der Waals surface area (Å²) >= 11 is 1.88. The number of hydrogen-bond acceptors (Lipinski definition) is 7. The van der Waals surface area contributed by atoms with Crippen molar-refractivity contribution >= 4 is 41.0 Å². The number of carbonyl (C=O) groups is 2. The number of nitrogens with one attached hydrogen (secondary N) is 1. The van der Waals surface area contributed by atoms with Crippen molar-refractivity contribution in [2.24, 2.45) is 0 Å². The molecular weight excluding hydrogens is 414 g/mol. The van der Waals surface area contributed by atoms with Crippen LogP contribution in [0.15, 0.2) is 24.3 Å². The van der Waals surface area contributed by atoms with Gasteiger partial charge < -0.3 is 16.0 Å². The van der Waals surface area contributed by atoms with E-state index in [9.17, 15) is 9.59 Å². The summed E-state index contributed by atoms with van der Waals surface area (Å²) in [6.45, 7) is 5.34. The average molecular weight is 440 g/mol. The van der Waals surface area contributed by atoms with Gasteiger partial charge in [0.25, 0.3) is 5.78 Å². The zero-order valence-corrected chi connectivity index (χ0v) is 18.4. The lowest BCUT2D eigenvalue weighted by molar-refractivity contribution is -0.130. The Morgan fingerprint density at radius 3 is 2.52 bits per heavy atom. The number of thioether (sulfide) groups is 1. The van der Waals surface area contributed by atoms with Crippen LogP contribution in [-0.4, -0.2) is 60.9 Å². The zero-order chi connectivity index (χ0) is 22.0. The Morgan fingerprint density at radius 2 is 1.81 bits per heavy atom. The van der Waals surface area contributed by atoms with Crippen LogP contribution in [0.2, 0.25) is 0 Å². The van der Waals surface area contributed by atoms with Gasteiger partial charge >= 0.3 is 0 Å². The second kappa shape index (κ2) is 8.93. The maximum absolute atomic E-state index is 12.6. The lowest BCUT2D eigenvalue weighted by Crippen LogP contribution is -2.38. The van der Waals surface area contributed by atoms with Crippen molar-refractivity contribution in [1.82, 2.24) is 24.5 Å². The number of rotatable bonds is 5. The number of benzene rings is 1. The van der Waals surface area contributed by atoms with Crippen molar-refractivity contribution in [2.45, 2.75) is 26.7 Å². The lowest BCUT2D eigenvalue weighted by atomic mass is 10.1. The fourth-order valence-corrected chi connectivity index (χ4v) is 4.55. The summed E-state index contributed by atoms with van der Waals surface area (Å²) in [6, 6.07) is 7.42. The summed E-state index contributed by atoms with van der Waals surface area (Å²) in [7, 11) is 0. The molecule has 0 unspecified atom stereocenters. The zero-order valence-electron chi connectivity index (χ0n) is 17.6. The van der Waals surface area contributed by atoms with Crippen molar-refractivity contribution in [3.8, 4) is 0 Å². The molecule has 0 saturated carbocycles. The minimum absolute atomic E-state index is 0.148. The molecule has 31 heavy (non-hydrogen) atoms. The van der Waals surface area contributed by atoms with Crippen LogP contribution in [0.3, 0.4) is 0 Å². The third-order valence-corrected chi connectivity index (χ3v) is 6.30. The van der Waals surface area contributed by atoms with Crippen LogP contribution >= 0.6 is 11.8 Å². The summed E-state index contributed by atoms with van der Waals surface area (Å²) in [5, 5.41) is 7.04. The van der Waals surface area contributed by atoms with Crippen molar-refractivity contribution in [1.29, 1.82) is 0 Å². The first-order valence-electron chi connectivity index (χ1n) is 10.1. The van der Waals surface area contributed by atoms with E-state index in [1.165, 1.54) is 0 Å². The van der Waals surface area contributed by atoms with Crippen LogP contribution in [0, 0.1) is 13.8 Å². The van der Waals surface area contributed by atoms with E-state index in [2.05, 4.69) is 20.4 Å². The smallest absolute Gasteiger partial charge is 0.254 e. The predicted octanol–water partition coefficient (Wildman–Crippen LogP) is 1.62.